The Morgan fingerprint density at radius 1 is 1.62 bits per heavy atom. The number of aliphatic hydroxyl groups excluding tert-OH is 1. The second kappa shape index (κ2) is 3.92. The molecular formula is C7H12BFO4. The molecule has 6 heteroatoms. The molecule has 1 saturated heterocycles. The van der Waals surface area contributed by atoms with Gasteiger partial charge in [-0.05, 0) is 0 Å². The average Bonchev–Trinajstić information content (AvgIpc) is 2.24. The summed E-state index contributed by atoms with van der Waals surface area (Å²) in [6.07, 6.45) is -2.97. The molecular weight excluding hydrogens is 178 g/mol. The van der Waals surface area contributed by atoms with E-state index in [1.54, 1.807) is 0 Å². The maximum Gasteiger partial charge on any atom is 0.188 e. The van der Waals surface area contributed by atoms with Gasteiger partial charge in [-0.25, -0.2) is 4.39 Å². The van der Waals surface area contributed by atoms with Crippen LogP contribution >= 0.6 is 0 Å². The number of rotatable bonds is 3. The first-order valence-corrected chi connectivity index (χ1v) is 3.88. The van der Waals surface area contributed by atoms with Crippen LogP contribution in [0.1, 0.15) is 0 Å². The van der Waals surface area contributed by atoms with Crippen LogP contribution in [-0.2, 0) is 14.2 Å². The summed E-state index contributed by atoms with van der Waals surface area (Å²) >= 11 is 0. The minimum absolute atomic E-state index is 0.123. The normalized spacial score (nSPS) is 45.4. The van der Waals surface area contributed by atoms with E-state index < -0.39 is 24.1 Å². The second-order valence-electron chi connectivity index (χ2n) is 2.95. The standard InChI is InChI=1S/C7H12BFO4/c1-11-3-4-5(12-2)6(10)7(8,9)13-4/h4-6,10H,3H2,1-2H3/t4-,5?,6+,7-/m1/s1. The molecule has 13 heavy (non-hydrogen) atoms. The van der Waals surface area contributed by atoms with Gasteiger partial charge in [0, 0.05) is 14.2 Å². The highest BCUT2D eigenvalue weighted by Gasteiger charge is 2.51. The smallest absolute Gasteiger partial charge is 0.188 e. The molecule has 74 valence electrons. The van der Waals surface area contributed by atoms with Gasteiger partial charge in [0.1, 0.15) is 18.3 Å². The quantitative estimate of drug-likeness (QED) is 0.591. The number of halogens is 1. The van der Waals surface area contributed by atoms with E-state index in [0.29, 0.717) is 0 Å². The van der Waals surface area contributed by atoms with E-state index in [9.17, 15) is 9.50 Å². The van der Waals surface area contributed by atoms with Crippen molar-refractivity contribution in [3.63, 3.8) is 0 Å². The summed E-state index contributed by atoms with van der Waals surface area (Å²) in [5.41, 5.74) is 0. The van der Waals surface area contributed by atoms with Crippen molar-refractivity contribution in [3.05, 3.63) is 0 Å². The fourth-order valence-electron chi connectivity index (χ4n) is 1.37. The molecule has 1 N–H and O–H groups in total. The number of aliphatic hydroxyl groups is 1. The van der Waals surface area contributed by atoms with Crippen molar-refractivity contribution in [3.8, 4) is 0 Å². The SMILES string of the molecule is [B][C@]1(F)O[C@H](COC)C(OC)[C@@H]1O. The van der Waals surface area contributed by atoms with Crippen LogP contribution in [0.3, 0.4) is 0 Å². The first-order chi connectivity index (χ1) is 6.03. The first-order valence-electron chi connectivity index (χ1n) is 3.88. The molecule has 0 aromatic carbocycles. The van der Waals surface area contributed by atoms with E-state index in [-0.39, 0.29) is 6.61 Å². The molecule has 1 rings (SSSR count). The van der Waals surface area contributed by atoms with E-state index in [1.165, 1.54) is 14.2 Å². The van der Waals surface area contributed by atoms with Crippen molar-refractivity contribution in [1.29, 1.82) is 0 Å². The van der Waals surface area contributed by atoms with E-state index in [2.05, 4.69) is 0 Å². The molecule has 0 aliphatic carbocycles. The summed E-state index contributed by atoms with van der Waals surface area (Å²) in [6, 6.07) is 0. The zero-order valence-corrected chi connectivity index (χ0v) is 7.57. The highest BCUT2D eigenvalue weighted by atomic mass is 19.2. The van der Waals surface area contributed by atoms with Gasteiger partial charge in [0.2, 0.25) is 0 Å². The van der Waals surface area contributed by atoms with Crippen LogP contribution in [0.25, 0.3) is 0 Å². The Morgan fingerprint density at radius 3 is 2.69 bits per heavy atom. The maximum atomic E-state index is 13.2. The fourth-order valence-corrected chi connectivity index (χ4v) is 1.37. The number of methoxy groups -OCH3 is 2. The van der Waals surface area contributed by atoms with E-state index in [0.717, 1.165) is 0 Å². The van der Waals surface area contributed by atoms with Gasteiger partial charge >= 0.3 is 0 Å². The van der Waals surface area contributed by atoms with Crippen molar-refractivity contribution >= 4 is 7.85 Å². The van der Waals surface area contributed by atoms with Gasteiger partial charge in [0.25, 0.3) is 0 Å². The Kier molecular flexibility index (Phi) is 3.29. The second-order valence-corrected chi connectivity index (χ2v) is 2.95. The Labute approximate surface area is 77.4 Å². The Hall–Kier alpha value is -0.165. The van der Waals surface area contributed by atoms with Gasteiger partial charge < -0.3 is 19.3 Å². The molecule has 1 aliphatic heterocycles. The maximum absolute atomic E-state index is 13.2. The monoisotopic (exact) mass is 190 g/mol. The van der Waals surface area contributed by atoms with Gasteiger partial charge in [0.15, 0.2) is 13.6 Å². The molecule has 4 atom stereocenters. The minimum Gasteiger partial charge on any atom is -0.385 e. The Balaban J connectivity index is 2.67. The molecule has 0 bridgehead atoms. The van der Waals surface area contributed by atoms with Crippen LogP contribution in [0, 0.1) is 0 Å². The van der Waals surface area contributed by atoms with Crippen molar-refractivity contribution in [2.24, 2.45) is 0 Å². The van der Waals surface area contributed by atoms with E-state index >= 15 is 0 Å². The lowest BCUT2D eigenvalue weighted by Crippen LogP contribution is -2.40. The number of hydrogen-bond donors (Lipinski definition) is 1. The number of alkyl halides is 1. The number of ether oxygens (including phenoxy) is 3. The summed E-state index contributed by atoms with van der Waals surface area (Å²) in [7, 11) is 7.82. The molecule has 1 aliphatic rings. The number of hydrogen-bond acceptors (Lipinski definition) is 4. The van der Waals surface area contributed by atoms with Crippen molar-refractivity contribution in [1.82, 2.24) is 0 Å². The molecule has 4 nitrogen and oxygen atoms in total. The lowest BCUT2D eigenvalue weighted by molar-refractivity contribution is -0.120. The molecule has 0 spiro atoms. The van der Waals surface area contributed by atoms with Crippen molar-refractivity contribution < 1.29 is 23.7 Å². The van der Waals surface area contributed by atoms with Crippen molar-refractivity contribution in [2.75, 3.05) is 20.8 Å². The predicted octanol–water partition coefficient (Wildman–Crippen LogP) is -0.801. The molecule has 1 unspecified atom stereocenters. The first kappa shape index (κ1) is 10.9. The zero-order chi connectivity index (χ0) is 10.1. The topological polar surface area (TPSA) is 47.9 Å². The van der Waals surface area contributed by atoms with Crippen molar-refractivity contribution in [2.45, 2.75) is 24.1 Å². The molecule has 0 saturated carbocycles. The molecule has 0 aromatic heterocycles. The van der Waals surface area contributed by atoms with Crippen LogP contribution in [0.5, 0.6) is 0 Å². The fraction of sp³-hybridized carbons (Fsp3) is 1.00. The predicted molar refractivity (Wildman–Crippen MR) is 43.1 cm³/mol. The summed E-state index contributed by atoms with van der Waals surface area (Å²) in [5, 5.41) is 9.31. The van der Waals surface area contributed by atoms with Crippen LogP contribution < -0.4 is 0 Å². The van der Waals surface area contributed by atoms with Gasteiger partial charge in [0.05, 0.1) is 6.61 Å². The lowest BCUT2D eigenvalue weighted by Gasteiger charge is -2.18. The molecule has 2 radical (unpaired) electrons. The lowest BCUT2D eigenvalue weighted by atomic mass is 9.90. The zero-order valence-electron chi connectivity index (χ0n) is 7.57. The highest BCUT2D eigenvalue weighted by molar-refractivity contribution is 6.14. The van der Waals surface area contributed by atoms with Gasteiger partial charge in [-0.2, -0.15) is 0 Å². The average molecular weight is 190 g/mol. The third kappa shape index (κ3) is 2.02. The Morgan fingerprint density at radius 2 is 2.23 bits per heavy atom. The van der Waals surface area contributed by atoms with Crippen LogP contribution in [0.2, 0.25) is 0 Å². The molecule has 0 amide bonds. The minimum atomic E-state index is -2.55. The third-order valence-corrected chi connectivity index (χ3v) is 2.02. The van der Waals surface area contributed by atoms with Gasteiger partial charge in [-0.3, -0.25) is 0 Å². The summed E-state index contributed by atoms with van der Waals surface area (Å²) in [4.78, 5) is 0. The summed E-state index contributed by atoms with van der Waals surface area (Å²) < 4.78 is 27.5. The van der Waals surface area contributed by atoms with E-state index in [1.807, 2.05) is 0 Å². The van der Waals surface area contributed by atoms with Crippen LogP contribution in [0.15, 0.2) is 0 Å². The molecule has 1 heterocycles. The molecule has 0 aromatic rings. The van der Waals surface area contributed by atoms with Gasteiger partial charge in [-0.15, -0.1) is 0 Å². The van der Waals surface area contributed by atoms with Crippen LogP contribution in [-0.4, -0.2) is 57.8 Å². The Bertz CT molecular complexity index is 178. The third-order valence-electron chi connectivity index (χ3n) is 2.02. The van der Waals surface area contributed by atoms with Gasteiger partial charge in [-0.1, -0.05) is 0 Å². The van der Waals surface area contributed by atoms with Crippen LogP contribution in [0.4, 0.5) is 4.39 Å². The molecule has 1 fully saturated rings. The largest absolute Gasteiger partial charge is 0.385 e. The summed E-state index contributed by atoms with van der Waals surface area (Å²) in [5.74, 6) is -2.55. The highest BCUT2D eigenvalue weighted by Crippen LogP contribution is 2.31. The van der Waals surface area contributed by atoms with E-state index in [4.69, 9.17) is 22.1 Å². The summed E-state index contributed by atoms with van der Waals surface area (Å²) in [6.45, 7) is 0.123.